The Labute approximate surface area is 160 Å². The van der Waals surface area contributed by atoms with E-state index in [1.807, 2.05) is 59.3 Å². The molecule has 1 aliphatic rings. The van der Waals surface area contributed by atoms with Crippen molar-refractivity contribution in [2.75, 3.05) is 0 Å². The fourth-order valence-electron chi connectivity index (χ4n) is 4.38. The third kappa shape index (κ3) is 2.84. The Morgan fingerprint density at radius 3 is 2.37 bits per heavy atom. The van der Waals surface area contributed by atoms with E-state index in [1.54, 1.807) is 6.20 Å². The van der Waals surface area contributed by atoms with Crippen LogP contribution in [0.5, 0.6) is 0 Å². The summed E-state index contributed by atoms with van der Waals surface area (Å²) in [6.07, 6.45) is 4.37. The van der Waals surface area contributed by atoms with Crippen molar-refractivity contribution in [3.63, 3.8) is 0 Å². The molecule has 3 heteroatoms. The van der Waals surface area contributed by atoms with Crippen LogP contribution in [-0.4, -0.2) is 15.3 Å². The van der Waals surface area contributed by atoms with Gasteiger partial charge in [-0.15, -0.1) is 0 Å². The number of carbonyl (C=O) groups is 1. The van der Waals surface area contributed by atoms with Crippen LogP contribution in [0.1, 0.15) is 42.4 Å². The summed E-state index contributed by atoms with van der Waals surface area (Å²) < 4.78 is 1.89. The summed E-state index contributed by atoms with van der Waals surface area (Å²) >= 11 is 0. The van der Waals surface area contributed by atoms with E-state index in [2.05, 4.69) is 37.5 Å². The lowest BCUT2D eigenvalue weighted by atomic mass is 9.49. The quantitative estimate of drug-likeness (QED) is 0.450. The molecule has 0 unspecified atom stereocenters. The van der Waals surface area contributed by atoms with Gasteiger partial charge in [0, 0.05) is 29.9 Å². The molecule has 2 aromatic carbocycles. The van der Waals surface area contributed by atoms with E-state index in [0.29, 0.717) is 5.82 Å². The van der Waals surface area contributed by atoms with Crippen molar-refractivity contribution in [3.8, 4) is 5.69 Å². The highest BCUT2D eigenvalue weighted by Crippen LogP contribution is 2.60. The number of imidazole rings is 1. The van der Waals surface area contributed by atoms with E-state index in [4.69, 9.17) is 0 Å². The molecule has 0 radical (unpaired) electrons. The summed E-state index contributed by atoms with van der Waals surface area (Å²) in [5, 5.41) is 0. The van der Waals surface area contributed by atoms with Gasteiger partial charge in [0.1, 0.15) is 0 Å². The molecule has 0 N–H and O–H groups in total. The number of ketones is 1. The second-order valence-corrected chi connectivity index (χ2v) is 7.72. The van der Waals surface area contributed by atoms with Crippen molar-refractivity contribution in [1.29, 1.82) is 0 Å². The lowest BCUT2D eigenvalue weighted by molar-refractivity contribution is 0.0468. The van der Waals surface area contributed by atoms with Crippen LogP contribution in [0, 0.1) is 11.3 Å². The third-order valence-electron chi connectivity index (χ3n) is 6.10. The van der Waals surface area contributed by atoms with Gasteiger partial charge in [0.25, 0.3) is 0 Å². The fourth-order valence-corrected chi connectivity index (χ4v) is 4.38. The van der Waals surface area contributed by atoms with E-state index in [1.165, 1.54) is 5.56 Å². The first-order valence-electron chi connectivity index (χ1n) is 9.36. The SMILES string of the molecule is C=C(C)[C@]1(C)C[C@H](C(=O)c2nccn2-c2ccccc2)[C@H]1c1ccccc1. The number of carbonyl (C=O) groups excluding carboxylic acids is 1. The second-order valence-electron chi connectivity index (χ2n) is 7.72. The molecule has 3 aromatic rings. The smallest absolute Gasteiger partial charge is 0.202 e. The minimum absolute atomic E-state index is 0.0636. The molecule has 1 saturated carbocycles. The molecule has 1 aliphatic carbocycles. The molecule has 0 bridgehead atoms. The number of benzene rings is 2. The van der Waals surface area contributed by atoms with Gasteiger partial charge in [-0.1, -0.05) is 67.6 Å². The number of para-hydroxylation sites is 1. The molecular weight excluding hydrogens is 332 g/mol. The molecule has 0 aliphatic heterocycles. The molecule has 0 spiro atoms. The van der Waals surface area contributed by atoms with Crippen LogP contribution in [0.4, 0.5) is 0 Å². The normalized spacial score (nSPS) is 24.2. The Hall–Kier alpha value is -2.94. The van der Waals surface area contributed by atoms with Gasteiger partial charge in [-0.05, 0) is 36.5 Å². The zero-order chi connectivity index (χ0) is 19.0. The largest absolute Gasteiger partial charge is 0.297 e. The molecule has 0 amide bonds. The number of allylic oxidation sites excluding steroid dienone is 1. The van der Waals surface area contributed by atoms with Crippen LogP contribution in [-0.2, 0) is 0 Å². The molecule has 27 heavy (non-hydrogen) atoms. The van der Waals surface area contributed by atoms with Crippen LogP contribution in [0.3, 0.4) is 0 Å². The summed E-state index contributed by atoms with van der Waals surface area (Å²) in [6.45, 7) is 8.51. The van der Waals surface area contributed by atoms with Gasteiger partial charge < -0.3 is 0 Å². The average Bonchev–Trinajstić information content (AvgIpc) is 3.16. The summed E-state index contributed by atoms with van der Waals surface area (Å²) in [6, 6.07) is 20.2. The monoisotopic (exact) mass is 356 g/mol. The molecule has 1 aromatic heterocycles. The predicted molar refractivity (Wildman–Crippen MR) is 108 cm³/mol. The molecule has 136 valence electrons. The van der Waals surface area contributed by atoms with E-state index in [-0.39, 0.29) is 23.0 Å². The molecular formula is C24H24N2O. The van der Waals surface area contributed by atoms with Crippen LogP contribution in [0.15, 0.2) is 85.2 Å². The highest BCUT2D eigenvalue weighted by atomic mass is 16.1. The molecule has 3 atom stereocenters. The summed E-state index contributed by atoms with van der Waals surface area (Å²) in [4.78, 5) is 17.9. The zero-order valence-electron chi connectivity index (χ0n) is 15.8. The Kier molecular flexibility index (Phi) is 4.31. The predicted octanol–water partition coefficient (Wildman–Crippen LogP) is 5.44. The molecule has 0 saturated heterocycles. The van der Waals surface area contributed by atoms with E-state index in [0.717, 1.165) is 17.7 Å². The highest BCUT2D eigenvalue weighted by molar-refractivity contribution is 5.97. The van der Waals surface area contributed by atoms with Crippen LogP contribution >= 0.6 is 0 Å². The maximum Gasteiger partial charge on any atom is 0.202 e. The van der Waals surface area contributed by atoms with Crippen LogP contribution in [0.25, 0.3) is 5.69 Å². The molecule has 1 fully saturated rings. The first-order chi connectivity index (χ1) is 13.0. The minimum atomic E-state index is -0.0843. The van der Waals surface area contributed by atoms with Crippen molar-refractivity contribution in [1.82, 2.24) is 9.55 Å². The first kappa shape index (κ1) is 17.5. The van der Waals surface area contributed by atoms with E-state index < -0.39 is 0 Å². The number of hydrogen-bond donors (Lipinski definition) is 0. The van der Waals surface area contributed by atoms with Gasteiger partial charge in [-0.3, -0.25) is 9.36 Å². The van der Waals surface area contributed by atoms with E-state index >= 15 is 0 Å². The van der Waals surface area contributed by atoms with Crippen molar-refractivity contribution < 1.29 is 4.79 Å². The van der Waals surface area contributed by atoms with Gasteiger partial charge in [-0.2, -0.15) is 0 Å². The maximum absolute atomic E-state index is 13.5. The number of aromatic nitrogens is 2. The average molecular weight is 356 g/mol. The van der Waals surface area contributed by atoms with Crippen LogP contribution in [0.2, 0.25) is 0 Å². The molecule has 1 heterocycles. The number of nitrogens with zero attached hydrogens (tertiary/aromatic N) is 2. The second kappa shape index (κ2) is 6.66. The maximum atomic E-state index is 13.5. The summed E-state index contributed by atoms with van der Waals surface area (Å²) in [5.41, 5.74) is 3.22. The Balaban J connectivity index is 1.71. The first-order valence-corrected chi connectivity index (χ1v) is 9.36. The van der Waals surface area contributed by atoms with Crippen molar-refractivity contribution in [2.45, 2.75) is 26.2 Å². The summed E-state index contributed by atoms with van der Waals surface area (Å²) in [7, 11) is 0. The van der Waals surface area contributed by atoms with Crippen molar-refractivity contribution in [3.05, 3.63) is 96.6 Å². The topological polar surface area (TPSA) is 34.9 Å². The Morgan fingerprint density at radius 2 is 1.74 bits per heavy atom. The molecule has 3 nitrogen and oxygen atoms in total. The highest BCUT2D eigenvalue weighted by Gasteiger charge is 2.55. The number of hydrogen-bond acceptors (Lipinski definition) is 2. The fraction of sp³-hybridized carbons (Fsp3) is 0.250. The minimum Gasteiger partial charge on any atom is -0.297 e. The Bertz CT molecular complexity index is 974. The van der Waals surface area contributed by atoms with E-state index in [9.17, 15) is 4.79 Å². The van der Waals surface area contributed by atoms with Gasteiger partial charge in [-0.25, -0.2) is 4.98 Å². The van der Waals surface area contributed by atoms with Crippen LogP contribution < -0.4 is 0 Å². The Morgan fingerprint density at radius 1 is 1.11 bits per heavy atom. The van der Waals surface area contributed by atoms with Gasteiger partial charge in [0.2, 0.25) is 5.78 Å². The number of Topliss-reactive ketones (excluding diaryl/α,β-unsaturated/α-hetero) is 1. The van der Waals surface area contributed by atoms with Crippen molar-refractivity contribution >= 4 is 5.78 Å². The summed E-state index contributed by atoms with van der Waals surface area (Å²) in [5.74, 6) is 0.663. The lowest BCUT2D eigenvalue weighted by Crippen LogP contribution is -2.48. The third-order valence-corrected chi connectivity index (χ3v) is 6.10. The van der Waals surface area contributed by atoms with Gasteiger partial charge in [0.15, 0.2) is 5.82 Å². The number of rotatable bonds is 5. The van der Waals surface area contributed by atoms with Gasteiger partial charge >= 0.3 is 0 Å². The zero-order valence-corrected chi connectivity index (χ0v) is 15.8. The lowest BCUT2D eigenvalue weighted by Gasteiger charge is -2.53. The standard InChI is InChI=1S/C24H24N2O/c1-17(2)24(3)16-20(21(24)18-10-6-4-7-11-18)22(27)23-25-14-15-26(23)19-12-8-5-9-13-19/h4-15,20-21H,1,16H2,2-3H3/t20-,21+,24-/m0/s1. The van der Waals surface area contributed by atoms with Gasteiger partial charge in [0.05, 0.1) is 0 Å². The molecule has 4 rings (SSSR count). The van der Waals surface area contributed by atoms with Crippen molar-refractivity contribution in [2.24, 2.45) is 11.3 Å².